The van der Waals surface area contributed by atoms with Crippen LogP contribution in [-0.2, 0) is 0 Å². The van der Waals surface area contributed by atoms with Crippen LogP contribution in [0.2, 0.25) is 0 Å². The molecule has 6 heteroatoms. The quantitative estimate of drug-likeness (QED) is 0.638. The molecule has 1 aliphatic rings. The number of hydrogen-bond donors (Lipinski definition) is 0. The molecule has 24 heavy (non-hydrogen) atoms. The Hall–Kier alpha value is -2.13. The molecule has 3 aromatic rings. The van der Waals surface area contributed by atoms with Crippen LogP contribution in [0.4, 0.5) is 0 Å². The summed E-state index contributed by atoms with van der Waals surface area (Å²) in [6, 6.07) is 4.69. The first-order valence-corrected chi connectivity index (χ1v) is 8.85. The first kappa shape index (κ1) is 15.4. The third kappa shape index (κ3) is 2.44. The zero-order valence-corrected chi connectivity index (χ0v) is 15.2. The van der Waals surface area contributed by atoms with E-state index in [1.54, 1.807) is 0 Å². The predicted octanol–water partition coefficient (Wildman–Crippen LogP) is 4.94. The van der Waals surface area contributed by atoms with Gasteiger partial charge in [-0.2, -0.15) is 5.26 Å². The number of nitriles is 1. The van der Waals surface area contributed by atoms with E-state index in [1.165, 1.54) is 12.8 Å². The maximum absolute atomic E-state index is 9.22. The molecule has 0 N–H and O–H groups in total. The Labute approximate surface area is 148 Å². The molecule has 0 aromatic carbocycles. The molecule has 1 fully saturated rings. The van der Waals surface area contributed by atoms with Crippen LogP contribution in [0.5, 0.6) is 0 Å². The average molecular weight is 385 g/mol. The van der Waals surface area contributed by atoms with Gasteiger partial charge in [-0.05, 0) is 54.6 Å². The molecule has 0 amide bonds. The molecule has 5 nitrogen and oxygen atoms in total. The van der Waals surface area contributed by atoms with Gasteiger partial charge in [0.1, 0.15) is 11.3 Å². The molecule has 0 bridgehead atoms. The monoisotopic (exact) mass is 384 g/mol. The van der Waals surface area contributed by atoms with Crippen molar-refractivity contribution in [1.29, 1.82) is 5.26 Å². The molecule has 0 spiro atoms. The van der Waals surface area contributed by atoms with Gasteiger partial charge in [-0.3, -0.25) is 4.98 Å². The summed E-state index contributed by atoms with van der Waals surface area (Å²) in [5.41, 5.74) is 4.83. The third-order valence-electron chi connectivity index (χ3n) is 4.77. The number of aryl methyl sites for hydroxylation is 2. The Kier molecular flexibility index (Phi) is 3.69. The van der Waals surface area contributed by atoms with Crippen molar-refractivity contribution in [3.8, 4) is 17.2 Å². The zero-order valence-electron chi connectivity index (χ0n) is 13.6. The van der Waals surface area contributed by atoms with Crippen LogP contribution in [-0.4, -0.2) is 14.7 Å². The SMILES string of the molecule is Cc1noc(C)c1-c1cnc2c(Br)cn(C(CC#N)C3CC3)c2c1. The molecule has 1 aliphatic carbocycles. The summed E-state index contributed by atoms with van der Waals surface area (Å²) in [5, 5.41) is 13.3. The predicted molar refractivity (Wildman–Crippen MR) is 94.4 cm³/mol. The van der Waals surface area contributed by atoms with Gasteiger partial charge in [-0.1, -0.05) is 5.16 Å². The molecule has 1 atom stereocenters. The van der Waals surface area contributed by atoms with E-state index in [2.05, 4.69) is 49.0 Å². The minimum Gasteiger partial charge on any atom is -0.361 e. The summed E-state index contributed by atoms with van der Waals surface area (Å²) in [7, 11) is 0. The molecule has 3 heterocycles. The maximum Gasteiger partial charge on any atom is 0.141 e. The second kappa shape index (κ2) is 5.75. The lowest BCUT2D eigenvalue weighted by Gasteiger charge is -2.16. The minimum absolute atomic E-state index is 0.213. The van der Waals surface area contributed by atoms with Crippen molar-refractivity contribution in [3.63, 3.8) is 0 Å². The summed E-state index contributed by atoms with van der Waals surface area (Å²) in [5.74, 6) is 1.39. The van der Waals surface area contributed by atoms with Crippen molar-refractivity contribution < 1.29 is 4.52 Å². The zero-order chi connectivity index (χ0) is 16.8. The van der Waals surface area contributed by atoms with Gasteiger partial charge in [0.05, 0.1) is 28.2 Å². The first-order valence-electron chi connectivity index (χ1n) is 8.06. The van der Waals surface area contributed by atoms with Gasteiger partial charge in [0, 0.05) is 29.6 Å². The minimum atomic E-state index is 0.213. The fraction of sp³-hybridized carbons (Fsp3) is 0.389. The van der Waals surface area contributed by atoms with E-state index in [9.17, 15) is 5.26 Å². The smallest absolute Gasteiger partial charge is 0.141 e. The van der Waals surface area contributed by atoms with Gasteiger partial charge in [-0.15, -0.1) is 0 Å². The lowest BCUT2D eigenvalue weighted by Crippen LogP contribution is -2.09. The lowest BCUT2D eigenvalue weighted by molar-refractivity contribution is 0.393. The van der Waals surface area contributed by atoms with E-state index in [0.717, 1.165) is 38.1 Å². The summed E-state index contributed by atoms with van der Waals surface area (Å²) in [6.07, 6.45) is 6.84. The molecule has 122 valence electrons. The highest BCUT2D eigenvalue weighted by Crippen LogP contribution is 2.44. The van der Waals surface area contributed by atoms with Crippen LogP contribution in [0.1, 0.15) is 36.8 Å². The number of pyridine rings is 1. The number of rotatable bonds is 4. The summed E-state index contributed by atoms with van der Waals surface area (Å²) in [6.45, 7) is 3.85. The topological polar surface area (TPSA) is 67.6 Å². The number of hydrogen-bond acceptors (Lipinski definition) is 4. The number of halogens is 1. The van der Waals surface area contributed by atoms with Crippen LogP contribution in [0.3, 0.4) is 0 Å². The third-order valence-corrected chi connectivity index (χ3v) is 5.35. The fourth-order valence-corrected chi connectivity index (χ4v) is 3.99. The van der Waals surface area contributed by atoms with Gasteiger partial charge >= 0.3 is 0 Å². The van der Waals surface area contributed by atoms with E-state index < -0.39 is 0 Å². The largest absolute Gasteiger partial charge is 0.361 e. The highest BCUT2D eigenvalue weighted by molar-refractivity contribution is 9.10. The maximum atomic E-state index is 9.22. The molecule has 4 rings (SSSR count). The summed E-state index contributed by atoms with van der Waals surface area (Å²) >= 11 is 3.61. The van der Waals surface area contributed by atoms with Gasteiger partial charge in [0.25, 0.3) is 0 Å². The Morgan fingerprint density at radius 2 is 2.25 bits per heavy atom. The summed E-state index contributed by atoms with van der Waals surface area (Å²) in [4.78, 5) is 4.64. The van der Waals surface area contributed by atoms with Gasteiger partial charge in [0.2, 0.25) is 0 Å². The van der Waals surface area contributed by atoms with Crippen molar-refractivity contribution in [3.05, 3.63) is 34.4 Å². The van der Waals surface area contributed by atoms with Crippen molar-refractivity contribution in [1.82, 2.24) is 14.7 Å². The normalized spacial score (nSPS) is 15.6. The Bertz CT molecular complexity index is 942. The second-order valence-electron chi connectivity index (χ2n) is 6.44. The van der Waals surface area contributed by atoms with Crippen LogP contribution < -0.4 is 0 Å². The molecule has 3 aromatic heterocycles. The van der Waals surface area contributed by atoms with E-state index in [4.69, 9.17) is 4.52 Å². The first-order chi connectivity index (χ1) is 11.6. The van der Waals surface area contributed by atoms with E-state index >= 15 is 0 Å². The van der Waals surface area contributed by atoms with Crippen molar-refractivity contribution in [2.75, 3.05) is 0 Å². The molecule has 0 saturated heterocycles. The van der Waals surface area contributed by atoms with Crippen molar-refractivity contribution >= 4 is 27.0 Å². The average Bonchev–Trinajstić information content (AvgIpc) is 3.28. The highest BCUT2D eigenvalue weighted by atomic mass is 79.9. The number of fused-ring (bicyclic) bond motifs is 1. The van der Waals surface area contributed by atoms with Gasteiger partial charge in [0.15, 0.2) is 0 Å². The van der Waals surface area contributed by atoms with Crippen LogP contribution in [0, 0.1) is 31.1 Å². The number of nitrogens with zero attached hydrogens (tertiary/aromatic N) is 4. The van der Waals surface area contributed by atoms with Crippen LogP contribution in [0.25, 0.3) is 22.2 Å². The number of aromatic nitrogens is 3. The Balaban J connectivity index is 1.89. The van der Waals surface area contributed by atoms with E-state index in [0.29, 0.717) is 12.3 Å². The van der Waals surface area contributed by atoms with Crippen molar-refractivity contribution in [2.45, 2.75) is 39.2 Å². The molecule has 0 radical (unpaired) electrons. The Morgan fingerprint density at radius 1 is 1.46 bits per heavy atom. The van der Waals surface area contributed by atoms with E-state index in [1.807, 2.05) is 20.0 Å². The van der Waals surface area contributed by atoms with Gasteiger partial charge < -0.3 is 9.09 Å². The standard InChI is InChI=1S/C18H17BrN4O/c1-10-17(11(2)24-22-10)13-7-16-18(21-8-13)14(19)9-23(16)15(5-6-20)12-3-4-12/h7-9,12,15H,3-5H2,1-2H3. The molecular weight excluding hydrogens is 368 g/mol. The second-order valence-corrected chi connectivity index (χ2v) is 7.30. The fourth-order valence-electron chi connectivity index (χ4n) is 3.46. The molecule has 1 saturated carbocycles. The lowest BCUT2D eigenvalue weighted by atomic mass is 10.1. The molecule has 1 unspecified atom stereocenters. The van der Waals surface area contributed by atoms with Crippen LogP contribution in [0.15, 0.2) is 27.5 Å². The summed E-state index contributed by atoms with van der Waals surface area (Å²) < 4.78 is 8.48. The highest BCUT2D eigenvalue weighted by Gasteiger charge is 2.33. The van der Waals surface area contributed by atoms with Gasteiger partial charge in [-0.25, -0.2) is 0 Å². The van der Waals surface area contributed by atoms with Crippen LogP contribution >= 0.6 is 15.9 Å². The Morgan fingerprint density at radius 3 is 2.88 bits per heavy atom. The molecule has 0 aliphatic heterocycles. The van der Waals surface area contributed by atoms with Crippen molar-refractivity contribution in [2.24, 2.45) is 5.92 Å². The van der Waals surface area contributed by atoms with E-state index in [-0.39, 0.29) is 6.04 Å². The molecular formula is C18H17BrN4O.